The van der Waals surface area contributed by atoms with Gasteiger partial charge >= 0.3 is 0 Å². The van der Waals surface area contributed by atoms with E-state index in [1.54, 1.807) is 0 Å². The third kappa shape index (κ3) is 1.73. The molecule has 0 radical (unpaired) electrons. The monoisotopic (exact) mass is 155 g/mol. The first-order valence-corrected chi connectivity index (χ1v) is 4.30. The van der Waals surface area contributed by atoms with E-state index >= 15 is 0 Å². The van der Waals surface area contributed by atoms with Crippen LogP contribution in [0, 0.1) is 11.8 Å². The molecule has 0 aliphatic heterocycles. The van der Waals surface area contributed by atoms with Gasteiger partial charge < -0.3 is 4.90 Å². The number of rotatable bonds is 2. The van der Waals surface area contributed by atoms with Crippen molar-refractivity contribution in [2.75, 3.05) is 7.05 Å². The van der Waals surface area contributed by atoms with Gasteiger partial charge in [-0.25, -0.2) is 0 Å². The van der Waals surface area contributed by atoms with Crippen molar-refractivity contribution in [1.29, 1.82) is 0 Å². The van der Waals surface area contributed by atoms with Gasteiger partial charge in [0.25, 0.3) is 0 Å². The summed E-state index contributed by atoms with van der Waals surface area (Å²) in [6.45, 7) is 6.23. The molecule has 0 unspecified atom stereocenters. The first kappa shape index (κ1) is 8.57. The molecule has 1 rings (SSSR count). The van der Waals surface area contributed by atoms with Gasteiger partial charge in [0.1, 0.15) is 0 Å². The fourth-order valence-electron chi connectivity index (χ4n) is 1.18. The van der Waals surface area contributed by atoms with Gasteiger partial charge in [-0.1, -0.05) is 6.92 Å². The van der Waals surface area contributed by atoms with E-state index < -0.39 is 0 Å². The highest BCUT2D eigenvalue weighted by Gasteiger charge is 2.40. The maximum Gasteiger partial charge on any atom is 0.225 e. The summed E-state index contributed by atoms with van der Waals surface area (Å²) in [6, 6.07) is 0.343. The Balaban J connectivity index is 2.42. The van der Waals surface area contributed by atoms with Crippen molar-refractivity contribution in [2.45, 2.75) is 33.2 Å². The molecule has 64 valence electrons. The third-order valence-corrected chi connectivity index (χ3v) is 2.55. The third-order valence-electron chi connectivity index (χ3n) is 2.55. The zero-order chi connectivity index (χ0) is 8.59. The van der Waals surface area contributed by atoms with Gasteiger partial charge in [-0.15, -0.1) is 0 Å². The molecule has 1 amide bonds. The van der Waals surface area contributed by atoms with Crippen LogP contribution >= 0.6 is 0 Å². The molecule has 0 heterocycles. The van der Waals surface area contributed by atoms with Crippen molar-refractivity contribution in [3.05, 3.63) is 0 Å². The lowest BCUT2D eigenvalue weighted by Crippen LogP contribution is -2.34. The number of carbonyl (C=O) groups is 1. The van der Waals surface area contributed by atoms with Crippen LogP contribution in [0.1, 0.15) is 27.2 Å². The normalized spacial score (nSPS) is 28.8. The number of hydrogen-bond acceptors (Lipinski definition) is 1. The Morgan fingerprint density at radius 2 is 2.00 bits per heavy atom. The maximum atomic E-state index is 11.5. The van der Waals surface area contributed by atoms with Crippen molar-refractivity contribution in [3.63, 3.8) is 0 Å². The van der Waals surface area contributed by atoms with E-state index in [0.29, 0.717) is 23.8 Å². The molecule has 11 heavy (non-hydrogen) atoms. The lowest BCUT2D eigenvalue weighted by molar-refractivity contribution is -0.133. The molecule has 0 aromatic heterocycles. The second kappa shape index (κ2) is 2.84. The molecule has 2 nitrogen and oxygen atoms in total. The van der Waals surface area contributed by atoms with E-state index in [9.17, 15) is 4.79 Å². The summed E-state index contributed by atoms with van der Waals surface area (Å²) in [6.07, 6.45) is 1.09. The Labute approximate surface area is 68.6 Å². The molecular weight excluding hydrogens is 138 g/mol. The highest BCUT2D eigenvalue weighted by molar-refractivity contribution is 5.81. The Hall–Kier alpha value is -0.530. The van der Waals surface area contributed by atoms with Gasteiger partial charge in [0.2, 0.25) is 5.91 Å². The lowest BCUT2D eigenvalue weighted by Gasteiger charge is -2.21. The molecule has 2 atom stereocenters. The number of carbonyl (C=O) groups excluding carboxylic acids is 1. The molecule has 0 spiro atoms. The largest absolute Gasteiger partial charge is 0.343 e. The average Bonchev–Trinajstić information content (AvgIpc) is 2.63. The van der Waals surface area contributed by atoms with Crippen molar-refractivity contribution < 1.29 is 4.79 Å². The van der Waals surface area contributed by atoms with Gasteiger partial charge in [-0.3, -0.25) is 4.79 Å². The van der Waals surface area contributed by atoms with Crippen molar-refractivity contribution in [1.82, 2.24) is 4.90 Å². The summed E-state index contributed by atoms with van der Waals surface area (Å²) in [4.78, 5) is 13.3. The smallest absolute Gasteiger partial charge is 0.225 e. The van der Waals surface area contributed by atoms with Gasteiger partial charge in [-0.05, 0) is 26.2 Å². The summed E-state index contributed by atoms with van der Waals surface area (Å²) in [5, 5.41) is 0. The quantitative estimate of drug-likeness (QED) is 0.592. The first-order chi connectivity index (χ1) is 5.04. The Kier molecular flexibility index (Phi) is 2.21. The second-order valence-corrected chi connectivity index (χ2v) is 3.86. The van der Waals surface area contributed by atoms with Gasteiger partial charge in [0.15, 0.2) is 0 Å². The van der Waals surface area contributed by atoms with Crippen LogP contribution in [0.4, 0.5) is 0 Å². The van der Waals surface area contributed by atoms with Crippen LogP contribution in [0.25, 0.3) is 0 Å². The number of nitrogens with zero attached hydrogens (tertiary/aromatic N) is 1. The van der Waals surface area contributed by atoms with Crippen LogP contribution in [-0.2, 0) is 4.79 Å². The van der Waals surface area contributed by atoms with Crippen LogP contribution in [0.15, 0.2) is 0 Å². The summed E-state index contributed by atoms with van der Waals surface area (Å²) >= 11 is 0. The fraction of sp³-hybridized carbons (Fsp3) is 0.889. The summed E-state index contributed by atoms with van der Waals surface area (Å²) in [5.74, 6) is 1.29. The lowest BCUT2D eigenvalue weighted by atomic mass is 10.2. The Bertz CT molecular complexity index is 165. The van der Waals surface area contributed by atoms with E-state index in [-0.39, 0.29) is 0 Å². The minimum absolute atomic E-state index is 0.326. The standard InChI is InChI=1S/C9H17NO/c1-6(2)10(4)9(11)8-5-7(8)3/h6-8H,5H2,1-4H3/t7-,8-/m0/s1. The van der Waals surface area contributed by atoms with Crippen LogP contribution in [0.2, 0.25) is 0 Å². The first-order valence-electron chi connectivity index (χ1n) is 4.30. The van der Waals surface area contributed by atoms with Crippen LogP contribution in [0.5, 0.6) is 0 Å². The van der Waals surface area contributed by atoms with E-state index in [4.69, 9.17) is 0 Å². The Morgan fingerprint density at radius 3 is 2.27 bits per heavy atom. The molecule has 2 heteroatoms. The van der Waals surface area contributed by atoms with Crippen LogP contribution in [0.3, 0.4) is 0 Å². The van der Waals surface area contributed by atoms with Crippen molar-refractivity contribution >= 4 is 5.91 Å². The summed E-state index contributed by atoms with van der Waals surface area (Å²) < 4.78 is 0. The topological polar surface area (TPSA) is 20.3 Å². The molecule has 1 fully saturated rings. The van der Waals surface area contributed by atoms with Gasteiger partial charge in [-0.2, -0.15) is 0 Å². The summed E-state index contributed by atoms with van der Waals surface area (Å²) in [5.41, 5.74) is 0. The highest BCUT2D eigenvalue weighted by atomic mass is 16.2. The van der Waals surface area contributed by atoms with E-state index in [1.165, 1.54) is 0 Å². The average molecular weight is 155 g/mol. The van der Waals surface area contributed by atoms with E-state index in [1.807, 2.05) is 25.8 Å². The predicted octanol–water partition coefficient (Wildman–Crippen LogP) is 1.51. The van der Waals surface area contributed by atoms with Gasteiger partial charge in [0.05, 0.1) is 0 Å². The SMILES string of the molecule is CC(C)N(C)C(=O)[C@H]1C[C@@H]1C. The van der Waals surface area contributed by atoms with Crippen molar-refractivity contribution in [3.8, 4) is 0 Å². The molecule has 0 aromatic rings. The molecular formula is C9H17NO. The van der Waals surface area contributed by atoms with Gasteiger partial charge in [0, 0.05) is 19.0 Å². The van der Waals surface area contributed by atoms with Crippen LogP contribution < -0.4 is 0 Å². The summed E-state index contributed by atoms with van der Waals surface area (Å²) in [7, 11) is 1.89. The minimum atomic E-state index is 0.326. The van der Waals surface area contributed by atoms with Crippen LogP contribution in [-0.4, -0.2) is 23.9 Å². The zero-order valence-electron chi connectivity index (χ0n) is 7.79. The molecule has 0 aromatic carbocycles. The van der Waals surface area contributed by atoms with E-state index in [0.717, 1.165) is 6.42 Å². The number of hydrogen-bond donors (Lipinski definition) is 0. The molecule has 0 bridgehead atoms. The molecule has 0 N–H and O–H groups in total. The second-order valence-electron chi connectivity index (χ2n) is 3.86. The maximum absolute atomic E-state index is 11.5. The highest BCUT2D eigenvalue weighted by Crippen LogP contribution is 2.39. The van der Waals surface area contributed by atoms with E-state index in [2.05, 4.69) is 6.92 Å². The Morgan fingerprint density at radius 1 is 1.55 bits per heavy atom. The zero-order valence-corrected chi connectivity index (χ0v) is 7.79. The minimum Gasteiger partial charge on any atom is -0.343 e. The molecule has 1 aliphatic rings. The predicted molar refractivity (Wildman–Crippen MR) is 45.2 cm³/mol. The molecule has 1 aliphatic carbocycles. The molecule has 0 saturated heterocycles. The fourth-order valence-corrected chi connectivity index (χ4v) is 1.18. The number of amides is 1. The molecule has 1 saturated carbocycles. The van der Waals surface area contributed by atoms with Crippen molar-refractivity contribution in [2.24, 2.45) is 11.8 Å².